The van der Waals surface area contributed by atoms with E-state index in [0.29, 0.717) is 11.6 Å². The Bertz CT molecular complexity index is 1020. The first-order valence-corrected chi connectivity index (χ1v) is 8.31. The Morgan fingerprint density at radius 1 is 1.25 bits per heavy atom. The van der Waals surface area contributed by atoms with Gasteiger partial charge in [0.25, 0.3) is 5.89 Å². The third-order valence-electron chi connectivity index (χ3n) is 4.21. The molecule has 1 aliphatic heterocycles. The predicted molar refractivity (Wildman–Crippen MR) is 92.3 cm³/mol. The van der Waals surface area contributed by atoms with Crippen LogP contribution in [0.4, 0.5) is 19.3 Å². The van der Waals surface area contributed by atoms with Crippen LogP contribution < -0.4 is 4.90 Å². The fourth-order valence-electron chi connectivity index (χ4n) is 2.89. The van der Waals surface area contributed by atoms with E-state index in [9.17, 15) is 13.6 Å². The summed E-state index contributed by atoms with van der Waals surface area (Å²) in [5.74, 6) is -1.15. The molecule has 0 saturated carbocycles. The number of cyclic esters (lactones) is 1. The highest BCUT2D eigenvalue weighted by molar-refractivity contribution is 5.90. The Hall–Kier alpha value is -3.40. The van der Waals surface area contributed by atoms with Gasteiger partial charge in [0.1, 0.15) is 23.4 Å². The Morgan fingerprint density at radius 2 is 2.00 bits per heavy atom. The summed E-state index contributed by atoms with van der Waals surface area (Å²) in [5.41, 5.74) is 0.303. The molecule has 1 saturated heterocycles. The van der Waals surface area contributed by atoms with E-state index in [-0.39, 0.29) is 35.9 Å². The van der Waals surface area contributed by atoms with Crippen molar-refractivity contribution in [3.8, 4) is 22.7 Å². The second-order valence-electron chi connectivity index (χ2n) is 6.14. The Morgan fingerprint density at radius 3 is 2.54 bits per heavy atom. The van der Waals surface area contributed by atoms with Crippen LogP contribution in [-0.2, 0) is 4.74 Å². The maximum atomic E-state index is 14.6. The van der Waals surface area contributed by atoms with Gasteiger partial charge < -0.3 is 14.3 Å². The molecule has 1 atom stereocenters. The average molecular weight is 388 g/mol. The molecule has 3 heterocycles. The van der Waals surface area contributed by atoms with Crippen LogP contribution in [0, 0.1) is 18.6 Å². The third-order valence-corrected chi connectivity index (χ3v) is 4.21. The summed E-state index contributed by atoms with van der Waals surface area (Å²) in [6.45, 7) is 1.27. The molecule has 0 radical (unpaired) electrons. The lowest BCUT2D eigenvalue weighted by atomic mass is 10.0. The number of hydrogen-bond donors (Lipinski definition) is 1. The van der Waals surface area contributed by atoms with Gasteiger partial charge in [-0.05, 0) is 18.2 Å². The van der Waals surface area contributed by atoms with Crippen LogP contribution in [-0.4, -0.2) is 45.6 Å². The summed E-state index contributed by atoms with van der Waals surface area (Å²) in [5, 5.41) is 16.6. The van der Waals surface area contributed by atoms with Gasteiger partial charge in [-0.3, -0.25) is 9.88 Å². The Balaban J connectivity index is 1.64. The number of hydrogen-bond acceptors (Lipinski definition) is 7. The van der Waals surface area contributed by atoms with E-state index in [2.05, 4.69) is 15.2 Å². The second-order valence-corrected chi connectivity index (χ2v) is 6.14. The number of carbonyl (C=O) groups excluding carboxylic acids is 1. The van der Waals surface area contributed by atoms with Gasteiger partial charge in [-0.15, -0.1) is 10.2 Å². The predicted octanol–water partition coefficient (Wildman–Crippen LogP) is 2.70. The minimum atomic E-state index is -0.863. The topological polar surface area (TPSA) is 102 Å². The maximum Gasteiger partial charge on any atom is 0.414 e. The number of rotatable bonds is 4. The first-order valence-electron chi connectivity index (χ1n) is 8.31. The second kappa shape index (κ2) is 6.97. The minimum absolute atomic E-state index is 0.00520. The summed E-state index contributed by atoms with van der Waals surface area (Å²) in [6, 6.07) is 5.07. The molecule has 0 aliphatic carbocycles. The van der Waals surface area contributed by atoms with Crippen molar-refractivity contribution in [2.45, 2.75) is 13.0 Å². The molecule has 28 heavy (non-hydrogen) atoms. The highest BCUT2D eigenvalue weighted by Crippen LogP contribution is 2.32. The molecule has 1 unspecified atom stereocenters. The lowest BCUT2D eigenvalue weighted by molar-refractivity contribution is 0.0963. The standard InChI is InChI=1S/C18H14F2N4O4/c1-9-22-23-17(27-9)15-3-2-10(6-21-15)16-13(19)4-11(5-14(16)20)24-7-12(8-25)28-18(24)26/h2-6,12,25H,7-8H2,1H3. The molecule has 8 nitrogen and oxygen atoms in total. The maximum absolute atomic E-state index is 14.6. The van der Waals surface area contributed by atoms with Crippen LogP contribution in [0.5, 0.6) is 0 Å². The lowest BCUT2D eigenvalue weighted by Gasteiger charge is -2.15. The van der Waals surface area contributed by atoms with Gasteiger partial charge in [0.2, 0.25) is 5.89 Å². The lowest BCUT2D eigenvalue weighted by Crippen LogP contribution is -2.25. The first kappa shape index (κ1) is 18.0. The number of anilines is 1. The zero-order valence-electron chi connectivity index (χ0n) is 14.6. The molecule has 1 fully saturated rings. The number of benzene rings is 1. The van der Waals surface area contributed by atoms with Crippen LogP contribution in [0.1, 0.15) is 5.89 Å². The number of aliphatic hydroxyl groups excluding tert-OH is 1. The monoisotopic (exact) mass is 388 g/mol. The number of carbonyl (C=O) groups is 1. The summed E-state index contributed by atoms with van der Waals surface area (Å²) in [7, 11) is 0. The van der Waals surface area contributed by atoms with Crippen molar-refractivity contribution in [1.82, 2.24) is 15.2 Å². The highest BCUT2D eigenvalue weighted by atomic mass is 19.1. The summed E-state index contributed by atoms with van der Waals surface area (Å²) >= 11 is 0. The molecule has 4 rings (SSSR count). The molecular weight excluding hydrogens is 374 g/mol. The molecule has 1 amide bonds. The van der Waals surface area contributed by atoms with Gasteiger partial charge in [-0.1, -0.05) is 6.07 Å². The van der Waals surface area contributed by atoms with E-state index in [1.54, 1.807) is 6.92 Å². The zero-order chi connectivity index (χ0) is 19.8. The van der Waals surface area contributed by atoms with Crippen LogP contribution in [0.2, 0.25) is 0 Å². The zero-order valence-corrected chi connectivity index (χ0v) is 14.6. The smallest absolute Gasteiger partial charge is 0.414 e. The molecule has 144 valence electrons. The summed E-state index contributed by atoms with van der Waals surface area (Å²) < 4.78 is 39.4. The van der Waals surface area contributed by atoms with Gasteiger partial charge in [0, 0.05) is 18.7 Å². The SMILES string of the molecule is Cc1nnc(-c2ccc(-c3c(F)cc(N4CC(CO)OC4=O)cc3F)cn2)o1. The average Bonchev–Trinajstić information content (AvgIpc) is 3.27. The van der Waals surface area contributed by atoms with E-state index in [4.69, 9.17) is 14.3 Å². The fourth-order valence-corrected chi connectivity index (χ4v) is 2.89. The van der Waals surface area contributed by atoms with Crippen LogP contribution in [0.3, 0.4) is 0 Å². The first-order chi connectivity index (χ1) is 13.5. The number of aryl methyl sites for hydroxylation is 1. The molecule has 1 aromatic carbocycles. The normalized spacial score (nSPS) is 16.5. The van der Waals surface area contributed by atoms with Crippen molar-refractivity contribution in [2.75, 3.05) is 18.1 Å². The molecular formula is C18H14F2N4O4. The van der Waals surface area contributed by atoms with E-state index in [1.807, 2.05) is 0 Å². The van der Waals surface area contributed by atoms with Crippen molar-refractivity contribution < 1.29 is 27.8 Å². The van der Waals surface area contributed by atoms with Crippen molar-refractivity contribution in [3.63, 3.8) is 0 Å². The van der Waals surface area contributed by atoms with Gasteiger partial charge >= 0.3 is 6.09 Å². The number of ether oxygens (including phenoxy) is 1. The largest absolute Gasteiger partial charge is 0.441 e. The molecule has 1 aliphatic rings. The number of aliphatic hydroxyl groups is 1. The number of nitrogens with zero attached hydrogens (tertiary/aromatic N) is 4. The fraction of sp³-hybridized carbons (Fsp3) is 0.222. The molecule has 2 aromatic heterocycles. The van der Waals surface area contributed by atoms with Gasteiger partial charge in [0.05, 0.1) is 24.4 Å². The van der Waals surface area contributed by atoms with E-state index < -0.39 is 23.8 Å². The third kappa shape index (κ3) is 3.18. The Kier molecular flexibility index (Phi) is 4.47. The van der Waals surface area contributed by atoms with Crippen molar-refractivity contribution in [1.29, 1.82) is 0 Å². The number of amides is 1. The van der Waals surface area contributed by atoms with Crippen LogP contribution >= 0.6 is 0 Å². The van der Waals surface area contributed by atoms with Crippen LogP contribution in [0.25, 0.3) is 22.7 Å². The van der Waals surface area contributed by atoms with Crippen molar-refractivity contribution >= 4 is 11.8 Å². The van der Waals surface area contributed by atoms with E-state index in [1.165, 1.54) is 18.3 Å². The Labute approximate surface area is 157 Å². The van der Waals surface area contributed by atoms with E-state index >= 15 is 0 Å². The van der Waals surface area contributed by atoms with Gasteiger partial charge in [0.15, 0.2) is 0 Å². The molecule has 0 bridgehead atoms. The van der Waals surface area contributed by atoms with Gasteiger partial charge in [-0.25, -0.2) is 13.6 Å². The minimum Gasteiger partial charge on any atom is -0.441 e. The molecule has 10 heteroatoms. The molecule has 1 N–H and O–H groups in total. The van der Waals surface area contributed by atoms with Gasteiger partial charge in [-0.2, -0.15) is 0 Å². The molecule has 3 aromatic rings. The summed E-state index contributed by atoms with van der Waals surface area (Å²) in [6.07, 6.45) is -0.211. The summed E-state index contributed by atoms with van der Waals surface area (Å²) in [4.78, 5) is 17.0. The van der Waals surface area contributed by atoms with Crippen LogP contribution in [0.15, 0.2) is 34.9 Å². The number of aromatic nitrogens is 3. The number of halogens is 2. The quantitative estimate of drug-likeness (QED) is 0.733. The van der Waals surface area contributed by atoms with E-state index in [0.717, 1.165) is 17.0 Å². The highest BCUT2D eigenvalue weighted by Gasteiger charge is 2.33. The number of pyridine rings is 1. The van der Waals surface area contributed by atoms with Crippen molar-refractivity contribution in [3.05, 3.63) is 48.0 Å². The molecule has 0 spiro atoms. The van der Waals surface area contributed by atoms with Crippen molar-refractivity contribution in [2.24, 2.45) is 0 Å².